The third kappa shape index (κ3) is 2.18. The zero-order valence-corrected chi connectivity index (χ0v) is 11.9. The number of thioether (sulfide) groups is 2. The maximum atomic E-state index is 11.7. The Bertz CT molecular complexity index is 541. The average molecular weight is 301 g/mol. The van der Waals surface area contributed by atoms with Crippen molar-refractivity contribution in [3.05, 3.63) is 41.5 Å². The van der Waals surface area contributed by atoms with Gasteiger partial charge in [-0.15, -0.1) is 23.5 Å². The van der Waals surface area contributed by atoms with E-state index in [0.29, 0.717) is 0 Å². The first-order valence-electron chi connectivity index (χ1n) is 5.42. The number of nitrogens with zero attached hydrogens (tertiary/aromatic N) is 1. The fourth-order valence-electron chi connectivity index (χ4n) is 2.16. The molecule has 0 radical (unpaired) electrons. The second-order valence-corrected chi connectivity index (χ2v) is 8.37. The Morgan fingerprint density at radius 1 is 1.28 bits per heavy atom. The van der Waals surface area contributed by atoms with Crippen LogP contribution in [0.4, 0.5) is 0 Å². The molecule has 2 N–H and O–H groups in total. The summed E-state index contributed by atoms with van der Waals surface area (Å²) in [6.45, 7) is 0. The van der Waals surface area contributed by atoms with E-state index in [9.17, 15) is 14.4 Å². The van der Waals surface area contributed by atoms with Gasteiger partial charge in [0.2, 0.25) is 0 Å². The molecule has 7 heteroatoms. The molecule has 1 aliphatic carbocycles. The van der Waals surface area contributed by atoms with Crippen LogP contribution in [0.2, 0.25) is 0 Å². The van der Waals surface area contributed by atoms with E-state index in [1.807, 2.05) is 36.4 Å². The minimum absolute atomic E-state index is 0.161. The molecule has 0 spiro atoms. The van der Waals surface area contributed by atoms with Gasteiger partial charge in [0.25, 0.3) is 0 Å². The summed E-state index contributed by atoms with van der Waals surface area (Å²) < 4.78 is 12.9. The maximum Gasteiger partial charge on any atom is 0.405 e. The van der Waals surface area contributed by atoms with Crippen LogP contribution in [0.1, 0.15) is 17.2 Å². The fraction of sp³-hybridized carbons (Fsp3) is 0.273. The second kappa shape index (κ2) is 4.71. The summed E-state index contributed by atoms with van der Waals surface area (Å²) in [6, 6.07) is 7.40. The lowest BCUT2D eigenvalue weighted by Gasteiger charge is -2.39. The molecule has 18 heavy (non-hydrogen) atoms. The summed E-state index contributed by atoms with van der Waals surface area (Å²) in [5, 5.41) is 0.888. The van der Waals surface area contributed by atoms with E-state index in [1.54, 1.807) is 23.5 Å². The van der Waals surface area contributed by atoms with Crippen LogP contribution < -0.4 is 0 Å². The zero-order valence-electron chi connectivity index (χ0n) is 9.34. The highest BCUT2D eigenvalue weighted by Gasteiger charge is 2.43. The van der Waals surface area contributed by atoms with Crippen LogP contribution in [0.5, 0.6) is 0 Å². The van der Waals surface area contributed by atoms with Crippen molar-refractivity contribution in [2.45, 2.75) is 10.7 Å². The van der Waals surface area contributed by atoms with Crippen molar-refractivity contribution in [1.29, 1.82) is 0 Å². The van der Waals surface area contributed by atoms with Gasteiger partial charge in [-0.2, -0.15) is 4.67 Å². The van der Waals surface area contributed by atoms with Crippen LogP contribution >= 0.6 is 31.3 Å². The quantitative estimate of drug-likeness (QED) is 0.837. The molecule has 1 unspecified atom stereocenters. The third-order valence-electron chi connectivity index (χ3n) is 3.00. The van der Waals surface area contributed by atoms with E-state index in [2.05, 4.69) is 0 Å². The highest BCUT2D eigenvalue weighted by atomic mass is 32.3. The Balaban J connectivity index is 1.98. The molecule has 1 heterocycles. The predicted molar refractivity (Wildman–Crippen MR) is 75.9 cm³/mol. The van der Waals surface area contributed by atoms with Gasteiger partial charge in [0, 0.05) is 5.08 Å². The molecule has 1 fully saturated rings. The molecule has 0 aromatic heterocycles. The van der Waals surface area contributed by atoms with E-state index in [1.165, 1.54) is 4.67 Å². The van der Waals surface area contributed by atoms with Crippen LogP contribution in [-0.4, -0.2) is 24.2 Å². The molecule has 1 aromatic rings. The lowest BCUT2D eigenvalue weighted by Crippen LogP contribution is -2.34. The summed E-state index contributed by atoms with van der Waals surface area (Å²) >= 11 is 3.13. The van der Waals surface area contributed by atoms with Gasteiger partial charge in [0.1, 0.15) is 4.71 Å². The minimum Gasteiger partial charge on any atom is -0.312 e. The molecular weight excluding hydrogens is 289 g/mol. The van der Waals surface area contributed by atoms with Crippen LogP contribution in [-0.2, 0) is 4.57 Å². The lowest BCUT2D eigenvalue weighted by atomic mass is 10.1. The number of hydrogen-bond donors (Lipinski definition) is 2. The highest BCUT2D eigenvalue weighted by molar-refractivity contribution is 8.32. The topological polar surface area (TPSA) is 60.8 Å². The van der Waals surface area contributed by atoms with Crippen molar-refractivity contribution in [3.8, 4) is 0 Å². The highest BCUT2D eigenvalue weighted by Crippen LogP contribution is 2.58. The van der Waals surface area contributed by atoms with E-state index in [0.717, 1.165) is 16.2 Å². The van der Waals surface area contributed by atoms with Crippen molar-refractivity contribution >= 4 is 37.3 Å². The van der Waals surface area contributed by atoms with Gasteiger partial charge >= 0.3 is 7.75 Å². The summed E-state index contributed by atoms with van der Waals surface area (Å²) in [4.78, 5) is 19.2. The van der Waals surface area contributed by atoms with E-state index in [-0.39, 0.29) is 10.7 Å². The number of fused-ring (bicyclic) bond motifs is 1. The van der Waals surface area contributed by atoms with Crippen LogP contribution in [0, 0.1) is 0 Å². The van der Waals surface area contributed by atoms with Gasteiger partial charge in [-0.3, -0.25) is 0 Å². The van der Waals surface area contributed by atoms with E-state index in [4.69, 9.17) is 0 Å². The first-order chi connectivity index (χ1) is 8.57. The van der Waals surface area contributed by atoms with Crippen LogP contribution in [0.15, 0.2) is 30.3 Å². The van der Waals surface area contributed by atoms with Crippen molar-refractivity contribution < 1.29 is 14.4 Å². The van der Waals surface area contributed by atoms with Crippen molar-refractivity contribution in [1.82, 2.24) is 4.67 Å². The Morgan fingerprint density at radius 2 is 2.00 bits per heavy atom. The molecule has 1 atom stereocenters. The van der Waals surface area contributed by atoms with Gasteiger partial charge in [-0.05, 0) is 11.1 Å². The van der Waals surface area contributed by atoms with Gasteiger partial charge < -0.3 is 9.79 Å². The van der Waals surface area contributed by atoms with E-state index >= 15 is 0 Å². The molecule has 3 rings (SSSR count). The second-order valence-electron chi connectivity index (χ2n) is 4.08. The molecule has 1 aliphatic heterocycles. The Morgan fingerprint density at radius 3 is 2.61 bits per heavy atom. The summed E-state index contributed by atoms with van der Waals surface area (Å²) in [5.74, 6) is 0. The average Bonchev–Trinajstić information content (AvgIpc) is 2.65. The Hall–Kier alpha value is -0.230. The zero-order chi connectivity index (χ0) is 12.8. The molecule has 2 aliphatic rings. The Labute approximate surface area is 114 Å². The van der Waals surface area contributed by atoms with Crippen molar-refractivity contribution in [3.63, 3.8) is 0 Å². The molecule has 0 amide bonds. The van der Waals surface area contributed by atoms with Gasteiger partial charge in [0.05, 0.1) is 6.04 Å². The molecule has 0 saturated carbocycles. The minimum atomic E-state index is -4.26. The van der Waals surface area contributed by atoms with Crippen LogP contribution in [0.25, 0.3) is 6.08 Å². The van der Waals surface area contributed by atoms with Gasteiger partial charge in [-0.25, -0.2) is 4.57 Å². The van der Waals surface area contributed by atoms with Crippen molar-refractivity contribution in [2.75, 3.05) is 5.08 Å². The molecule has 1 saturated heterocycles. The molecular formula is C11H12NO3PS2. The fourth-order valence-corrected chi connectivity index (χ4v) is 5.67. The number of benzene rings is 1. The maximum absolute atomic E-state index is 11.7. The summed E-state index contributed by atoms with van der Waals surface area (Å²) in [5.41, 5.74) is 2.00. The lowest BCUT2D eigenvalue weighted by molar-refractivity contribution is 0.261. The van der Waals surface area contributed by atoms with Gasteiger partial charge in [0.15, 0.2) is 0 Å². The third-order valence-corrected chi connectivity index (χ3v) is 7.32. The SMILES string of the molecule is O=P(O)(O)N(C1SCS1)C1C=Cc2ccccc21. The normalized spacial score (nSPS) is 23.2. The standard InChI is InChI=1S/C11H12NO3PS2/c13-16(14,15)12(11-17-7-18-11)10-6-5-8-3-1-2-4-9(8)10/h1-6,10-11H,7H2,(H2,13,14,15). The van der Waals surface area contributed by atoms with Crippen molar-refractivity contribution in [2.24, 2.45) is 0 Å². The Kier molecular flexibility index (Phi) is 3.34. The monoisotopic (exact) mass is 301 g/mol. The number of hydrogen-bond acceptors (Lipinski definition) is 3. The first-order valence-corrected chi connectivity index (χ1v) is 9.08. The smallest absolute Gasteiger partial charge is 0.312 e. The van der Waals surface area contributed by atoms with Crippen LogP contribution in [0.3, 0.4) is 0 Å². The van der Waals surface area contributed by atoms with Gasteiger partial charge in [-0.1, -0.05) is 36.4 Å². The summed E-state index contributed by atoms with van der Waals surface area (Å²) in [6.07, 6.45) is 3.79. The summed E-state index contributed by atoms with van der Waals surface area (Å²) in [7, 11) is -4.26. The first kappa shape index (κ1) is 12.8. The van der Waals surface area contributed by atoms with E-state index < -0.39 is 7.75 Å². The molecule has 96 valence electrons. The molecule has 0 bridgehead atoms. The molecule has 1 aromatic carbocycles. The number of rotatable bonds is 3. The molecule has 4 nitrogen and oxygen atoms in total. The predicted octanol–water partition coefficient (Wildman–Crippen LogP) is 2.87. The largest absolute Gasteiger partial charge is 0.405 e.